The van der Waals surface area contributed by atoms with Crippen LogP contribution in [0.2, 0.25) is 0 Å². The van der Waals surface area contributed by atoms with Crippen LogP contribution in [0.3, 0.4) is 0 Å². The normalized spacial score (nSPS) is 9.89. The minimum Gasteiger partial charge on any atom is -0.286 e. The summed E-state index contributed by atoms with van der Waals surface area (Å²) in [7, 11) is 0. The van der Waals surface area contributed by atoms with Gasteiger partial charge in [-0.05, 0) is 36.1 Å². The fourth-order valence-corrected chi connectivity index (χ4v) is 2.35. The summed E-state index contributed by atoms with van der Waals surface area (Å²) in [6.07, 6.45) is 0. The zero-order chi connectivity index (χ0) is 13.1. The van der Waals surface area contributed by atoms with E-state index in [4.69, 9.17) is 5.53 Å². The molecule has 18 heavy (non-hydrogen) atoms. The first kappa shape index (κ1) is 12.3. The summed E-state index contributed by atoms with van der Waals surface area (Å²) < 4.78 is 0. The zero-order valence-electron chi connectivity index (χ0n) is 9.91. The van der Waals surface area contributed by atoms with Gasteiger partial charge in [-0.1, -0.05) is 17.7 Å². The van der Waals surface area contributed by atoms with E-state index in [0.29, 0.717) is 10.6 Å². The van der Waals surface area contributed by atoms with Crippen molar-refractivity contribution in [3.8, 4) is 11.3 Å². The third-order valence-corrected chi connectivity index (χ3v) is 3.36. The molecule has 0 radical (unpaired) electrons. The molecule has 0 saturated carbocycles. The van der Waals surface area contributed by atoms with Crippen molar-refractivity contribution in [3.63, 3.8) is 0 Å². The van der Waals surface area contributed by atoms with Gasteiger partial charge in [0.25, 0.3) is 5.91 Å². The Kier molecular flexibility index (Phi) is 3.41. The van der Waals surface area contributed by atoms with E-state index in [0.717, 1.165) is 16.7 Å². The molecular weight excluding hydrogens is 248 g/mol. The Hall–Kier alpha value is -2.17. The number of hydrogen-bond donors (Lipinski definition) is 0. The van der Waals surface area contributed by atoms with Crippen molar-refractivity contribution < 1.29 is 4.79 Å². The fourth-order valence-electron chi connectivity index (χ4n) is 1.67. The maximum Gasteiger partial charge on any atom is 0.261 e. The van der Waals surface area contributed by atoms with Crippen molar-refractivity contribution in [2.75, 3.05) is 0 Å². The van der Waals surface area contributed by atoms with Crippen molar-refractivity contribution in [3.05, 3.63) is 50.2 Å². The van der Waals surface area contributed by atoms with E-state index in [-0.39, 0.29) is 0 Å². The summed E-state index contributed by atoms with van der Waals surface area (Å²) in [6, 6.07) is 5.95. The monoisotopic (exact) mass is 258 g/mol. The summed E-state index contributed by atoms with van der Waals surface area (Å²) in [5, 5.41) is 3.12. The summed E-state index contributed by atoms with van der Waals surface area (Å²) >= 11 is 1.18. The van der Waals surface area contributed by atoms with Crippen LogP contribution < -0.4 is 0 Å². The highest BCUT2D eigenvalue weighted by Gasteiger charge is 2.16. The van der Waals surface area contributed by atoms with Gasteiger partial charge in [0.05, 0.1) is 11.2 Å². The number of hydrogen-bond acceptors (Lipinski definition) is 3. The molecule has 1 heterocycles. The quantitative estimate of drug-likeness (QED) is 0.465. The molecule has 90 valence electrons. The maximum absolute atomic E-state index is 11.6. The molecule has 0 aliphatic rings. The molecular formula is C12H10N4OS. The second-order valence-electron chi connectivity index (χ2n) is 3.84. The average Bonchev–Trinajstić information content (AvgIpc) is 2.81. The lowest BCUT2D eigenvalue weighted by Gasteiger charge is -2.05. The number of amides is 1. The van der Waals surface area contributed by atoms with Crippen LogP contribution >= 0.6 is 11.3 Å². The first-order valence-electron chi connectivity index (χ1n) is 5.24. The molecule has 5 nitrogen and oxygen atoms in total. The van der Waals surface area contributed by atoms with Gasteiger partial charge in [0.2, 0.25) is 0 Å². The van der Waals surface area contributed by atoms with Gasteiger partial charge in [0.1, 0.15) is 4.88 Å². The van der Waals surface area contributed by atoms with Crippen LogP contribution in [-0.2, 0) is 0 Å². The number of aromatic nitrogens is 1. The number of azide groups is 1. The maximum atomic E-state index is 11.6. The number of nitrogens with zero attached hydrogens (tertiary/aromatic N) is 4. The lowest BCUT2D eigenvalue weighted by Crippen LogP contribution is -1.95. The van der Waals surface area contributed by atoms with E-state index in [2.05, 4.69) is 15.0 Å². The van der Waals surface area contributed by atoms with Crippen molar-refractivity contribution >= 4 is 17.2 Å². The zero-order valence-corrected chi connectivity index (χ0v) is 10.7. The third-order valence-electron chi connectivity index (χ3n) is 2.55. The summed E-state index contributed by atoms with van der Waals surface area (Å²) in [5.41, 5.74) is 13.5. The Morgan fingerprint density at radius 1 is 1.44 bits per heavy atom. The van der Waals surface area contributed by atoms with Crippen molar-refractivity contribution in [2.45, 2.75) is 13.8 Å². The molecule has 2 rings (SSSR count). The first-order valence-corrected chi connectivity index (χ1v) is 6.12. The van der Waals surface area contributed by atoms with E-state index in [9.17, 15) is 4.79 Å². The molecule has 1 amide bonds. The molecule has 6 heteroatoms. The lowest BCUT2D eigenvalue weighted by molar-refractivity contribution is 0.100. The van der Waals surface area contributed by atoms with Crippen LogP contribution in [0.15, 0.2) is 28.8 Å². The molecule has 0 saturated heterocycles. The highest BCUT2D eigenvalue weighted by Crippen LogP contribution is 2.29. The van der Waals surface area contributed by atoms with Crippen LogP contribution in [0.1, 0.15) is 20.8 Å². The van der Waals surface area contributed by atoms with Crippen LogP contribution in [0.25, 0.3) is 21.7 Å². The van der Waals surface area contributed by atoms with Gasteiger partial charge in [0, 0.05) is 10.5 Å². The summed E-state index contributed by atoms with van der Waals surface area (Å²) in [6.45, 7) is 3.93. The van der Waals surface area contributed by atoms with Crippen LogP contribution in [-0.4, -0.2) is 10.9 Å². The Labute approximate surface area is 108 Å². The molecule has 0 spiro atoms. The number of benzene rings is 1. The Morgan fingerprint density at radius 3 is 2.94 bits per heavy atom. The van der Waals surface area contributed by atoms with Gasteiger partial charge in [-0.25, -0.2) is 4.98 Å². The molecule has 0 aliphatic heterocycles. The molecule has 1 aromatic heterocycles. The number of thiazole rings is 1. The summed E-state index contributed by atoms with van der Waals surface area (Å²) in [5.74, 6) is -0.587. The van der Waals surface area contributed by atoms with Crippen molar-refractivity contribution in [1.29, 1.82) is 0 Å². The van der Waals surface area contributed by atoms with Crippen LogP contribution in [0, 0.1) is 13.8 Å². The molecule has 0 bridgehead atoms. The second kappa shape index (κ2) is 5.00. The Balaban J connectivity index is 2.58. The largest absolute Gasteiger partial charge is 0.286 e. The average molecular weight is 258 g/mol. The van der Waals surface area contributed by atoms with Gasteiger partial charge >= 0.3 is 0 Å². The second-order valence-corrected chi connectivity index (χ2v) is 4.70. The van der Waals surface area contributed by atoms with Crippen LogP contribution in [0.5, 0.6) is 0 Å². The van der Waals surface area contributed by atoms with E-state index < -0.39 is 5.91 Å². The van der Waals surface area contributed by atoms with Crippen LogP contribution in [0.4, 0.5) is 0 Å². The van der Waals surface area contributed by atoms with Gasteiger partial charge < -0.3 is 0 Å². The summed E-state index contributed by atoms with van der Waals surface area (Å²) in [4.78, 5) is 18.7. The third kappa shape index (κ3) is 2.25. The standard InChI is InChI=1S/C12H10N4OS/c1-7-3-4-8(2)9(5-7)10-11(18-6-14-10)12(17)15-16-13/h3-6H,1-2H3. The molecule has 0 N–H and O–H groups in total. The van der Waals surface area contributed by atoms with Crippen molar-refractivity contribution in [1.82, 2.24) is 4.98 Å². The predicted octanol–water partition coefficient (Wildman–Crippen LogP) is 3.88. The number of rotatable bonds is 2. The minimum absolute atomic E-state index is 0.376. The fraction of sp³-hybridized carbons (Fsp3) is 0.167. The first-order chi connectivity index (χ1) is 8.63. The van der Waals surface area contributed by atoms with Crippen molar-refractivity contribution in [2.24, 2.45) is 5.11 Å². The molecule has 0 unspecified atom stereocenters. The van der Waals surface area contributed by atoms with Gasteiger partial charge in [0.15, 0.2) is 0 Å². The molecule has 0 fully saturated rings. The Morgan fingerprint density at radius 2 is 2.22 bits per heavy atom. The highest BCUT2D eigenvalue weighted by atomic mass is 32.1. The predicted molar refractivity (Wildman–Crippen MR) is 70.5 cm³/mol. The van der Waals surface area contributed by atoms with E-state index >= 15 is 0 Å². The van der Waals surface area contributed by atoms with E-state index in [1.807, 2.05) is 32.0 Å². The minimum atomic E-state index is -0.587. The van der Waals surface area contributed by atoms with E-state index in [1.54, 1.807) is 5.51 Å². The topological polar surface area (TPSA) is 78.7 Å². The van der Waals surface area contributed by atoms with Gasteiger partial charge in [-0.15, -0.1) is 11.3 Å². The smallest absolute Gasteiger partial charge is 0.261 e. The Bertz CT molecular complexity index is 656. The SMILES string of the molecule is Cc1ccc(C)c(-c2ncsc2C(=O)N=[N+]=[N-])c1. The highest BCUT2D eigenvalue weighted by molar-refractivity contribution is 7.12. The van der Waals surface area contributed by atoms with Gasteiger partial charge in [-0.2, -0.15) is 0 Å². The van der Waals surface area contributed by atoms with E-state index in [1.165, 1.54) is 11.3 Å². The number of aryl methyl sites for hydroxylation is 2. The molecule has 0 atom stereocenters. The molecule has 0 aliphatic carbocycles. The molecule has 2 aromatic rings. The van der Waals surface area contributed by atoms with Gasteiger partial charge in [-0.3, -0.25) is 4.79 Å². The number of carbonyl (C=O) groups excluding carboxylic acids is 1. The lowest BCUT2D eigenvalue weighted by atomic mass is 10.0. The number of carbonyl (C=O) groups is 1. The molecule has 1 aromatic carbocycles.